The molecule has 0 radical (unpaired) electrons. The maximum absolute atomic E-state index is 11.1. The first-order valence-electron chi connectivity index (χ1n) is 4.49. The number of aromatic nitrogens is 4. The SMILES string of the molecule is CC(=O)c1ccnc(-c2cn(C)cn2)n1. The highest BCUT2D eigenvalue weighted by Crippen LogP contribution is 2.11. The van der Waals surface area contributed by atoms with Crippen LogP contribution in [0.15, 0.2) is 24.8 Å². The smallest absolute Gasteiger partial charge is 0.180 e. The van der Waals surface area contributed by atoms with Crippen LogP contribution in [-0.2, 0) is 7.05 Å². The number of hydrogen-bond donors (Lipinski definition) is 0. The summed E-state index contributed by atoms with van der Waals surface area (Å²) in [6, 6.07) is 1.59. The van der Waals surface area contributed by atoms with Gasteiger partial charge in [0, 0.05) is 26.4 Å². The Kier molecular flexibility index (Phi) is 2.29. The molecule has 0 aromatic carbocycles. The molecule has 0 atom stereocenters. The minimum absolute atomic E-state index is 0.0745. The van der Waals surface area contributed by atoms with Crippen LogP contribution in [0.5, 0.6) is 0 Å². The van der Waals surface area contributed by atoms with Gasteiger partial charge in [-0.2, -0.15) is 0 Å². The predicted molar refractivity (Wildman–Crippen MR) is 54.2 cm³/mol. The Hall–Kier alpha value is -2.04. The molecule has 0 unspecified atom stereocenters. The normalized spacial score (nSPS) is 10.3. The average Bonchev–Trinajstić information content (AvgIpc) is 2.65. The third kappa shape index (κ3) is 1.90. The highest BCUT2D eigenvalue weighted by molar-refractivity contribution is 5.92. The monoisotopic (exact) mass is 202 g/mol. The molecule has 2 heterocycles. The number of Topliss-reactive ketones (excluding diaryl/α,β-unsaturated/α-hetero) is 1. The van der Waals surface area contributed by atoms with Crippen molar-refractivity contribution in [1.29, 1.82) is 0 Å². The maximum Gasteiger partial charge on any atom is 0.180 e. The van der Waals surface area contributed by atoms with E-state index in [-0.39, 0.29) is 5.78 Å². The summed E-state index contributed by atoms with van der Waals surface area (Å²) >= 11 is 0. The highest BCUT2D eigenvalue weighted by atomic mass is 16.1. The van der Waals surface area contributed by atoms with E-state index in [9.17, 15) is 4.79 Å². The van der Waals surface area contributed by atoms with Crippen molar-refractivity contribution in [1.82, 2.24) is 19.5 Å². The molecule has 0 aliphatic carbocycles. The minimum atomic E-state index is -0.0745. The number of hydrogen-bond acceptors (Lipinski definition) is 4. The summed E-state index contributed by atoms with van der Waals surface area (Å²) in [6.45, 7) is 1.48. The van der Waals surface area contributed by atoms with Gasteiger partial charge in [-0.1, -0.05) is 0 Å². The summed E-state index contributed by atoms with van der Waals surface area (Å²) in [7, 11) is 1.87. The molecular formula is C10H10N4O. The van der Waals surface area contributed by atoms with Crippen LogP contribution >= 0.6 is 0 Å². The summed E-state index contributed by atoms with van der Waals surface area (Å²) in [5, 5.41) is 0. The molecule has 0 aliphatic rings. The van der Waals surface area contributed by atoms with E-state index in [2.05, 4.69) is 15.0 Å². The Morgan fingerprint density at radius 3 is 2.80 bits per heavy atom. The van der Waals surface area contributed by atoms with Gasteiger partial charge >= 0.3 is 0 Å². The van der Waals surface area contributed by atoms with Crippen molar-refractivity contribution < 1.29 is 4.79 Å². The van der Waals surface area contributed by atoms with Crippen LogP contribution in [0.1, 0.15) is 17.4 Å². The summed E-state index contributed by atoms with van der Waals surface area (Å²) in [5.74, 6) is 0.401. The first-order chi connectivity index (χ1) is 7.16. The summed E-state index contributed by atoms with van der Waals surface area (Å²) in [4.78, 5) is 23.4. The zero-order valence-corrected chi connectivity index (χ0v) is 8.51. The van der Waals surface area contributed by atoms with Gasteiger partial charge in [0.05, 0.1) is 6.33 Å². The number of carbonyl (C=O) groups is 1. The molecule has 15 heavy (non-hydrogen) atoms. The van der Waals surface area contributed by atoms with E-state index < -0.39 is 0 Å². The van der Waals surface area contributed by atoms with Gasteiger partial charge in [-0.15, -0.1) is 0 Å². The van der Waals surface area contributed by atoms with Crippen LogP contribution in [0.2, 0.25) is 0 Å². The molecule has 0 spiro atoms. The number of aryl methyl sites for hydroxylation is 1. The Labute approximate surface area is 86.8 Å². The molecular weight excluding hydrogens is 192 g/mol. The van der Waals surface area contributed by atoms with Crippen LogP contribution in [0.25, 0.3) is 11.5 Å². The van der Waals surface area contributed by atoms with Crippen molar-refractivity contribution in [2.24, 2.45) is 7.05 Å². The van der Waals surface area contributed by atoms with E-state index in [0.717, 1.165) is 0 Å². The van der Waals surface area contributed by atoms with Gasteiger partial charge in [0.15, 0.2) is 11.6 Å². The lowest BCUT2D eigenvalue weighted by molar-refractivity contribution is 0.101. The quantitative estimate of drug-likeness (QED) is 0.683. The molecule has 0 saturated heterocycles. The van der Waals surface area contributed by atoms with E-state index in [4.69, 9.17) is 0 Å². The first-order valence-corrected chi connectivity index (χ1v) is 4.49. The zero-order chi connectivity index (χ0) is 10.8. The van der Waals surface area contributed by atoms with Crippen molar-refractivity contribution in [2.75, 3.05) is 0 Å². The van der Waals surface area contributed by atoms with Gasteiger partial charge < -0.3 is 4.57 Å². The zero-order valence-electron chi connectivity index (χ0n) is 8.51. The van der Waals surface area contributed by atoms with Crippen molar-refractivity contribution >= 4 is 5.78 Å². The van der Waals surface area contributed by atoms with Crippen molar-refractivity contribution in [2.45, 2.75) is 6.92 Å². The van der Waals surface area contributed by atoms with Gasteiger partial charge in [-0.05, 0) is 6.07 Å². The Balaban J connectivity index is 2.45. The molecule has 2 aromatic heterocycles. The second-order valence-electron chi connectivity index (χ2n) is 3.25. The largest absolute Gasteiger partial charge is 0.340 e. The van der Waals surface area contributed by atoms with Crippen LogP contribution in [0.4, 0.5) is 0 Å². The lowest BCUT2D eigenvalue weighted by atomic mass is 10.3. The maximum atomic E-state index is 11.1. The lowest BCUT2D eigenvalue weighted by Crippen LogP contribution is -1.99. The third-order valence-corrected chi connectivity index (χ3v) is 1.95. The Bertz CT molecular complexity index is 504. The number of carbonyl (C=O) groups excluding carboxylic acids is 1. The van der Waals surface area contributed by atoms with Gasteiger partial charge in [0.2, 0.25) is 0 Å². The van der Waals surface area contributed by atoms with Gasteiger partial charge in [-0.3, -0.25) is 4.79 Å². The molecule has 0 saturated carbocycles. The molecule has 5 heteroatoms. The van der Waals surface area contributed by atoms with Gasteiger partial charge in [0.1, 0.15) is 11.4 Å². The fourth-order valence-electron chi connectivity index (χ4n) is 1.21. The summed E-state index contributed by atoms with van der Waals surface area (Å²) in [6.07, 6.45) is 5.03. The van der Waals surface area contributed by atoms with Crippen molar-refractivity contribution in [3.8, 4) is 11.5 Å². The molecule has 0 bridgehead atoms. The van der Waals surface area contributed by atoms with Crippen molar-refractivity contribution in [3.63, 3.8) is 0 Å². The van der Waals surface area contributed by atoms with Crippen LogP contribution in [0, 0.1) is 0 Å². The highest BCUT2D eigenvalue weighted by Gasteiger charge is 2.07. The van der Waals surface area contributed by atoms with Crippen molar-refractivity contribution in [3.05, 3.63) is 30.5 Å². The number of rotatable bonds is 2. The molecule has 2 aromatic rings. The molecule has 76 valence electrons. The number of nitrogens with zero attached hydrogens (tertiary/aromatic N) is 4. The van der Waals surface area contributed by atoms with Crippen LogP contribution < -0.4 is 0 Å². The van der Waals surface area contributed by atoms with E-state index >= 15 is 0 Å². The number of imidazole rings is 1. The number of ketones is 1. The summed E-state index contributed by atoms with van der Waals surface area (Å²) in [5.41, 5.74) is 1.08. The third-order valence-electron chi connectivity index (χ3n) is 1.95. The van der Waals surface area contributed by atoms with E-state index in [0.29, 0.717) is 17.2 Å². The molecule has 0 amide bonds. The van der Waals surface area contributed by atoms with Gasteiger partial charge in [0.25, 0.3) is 0 Å². The molecule has 2 rings (SSSR count). The fourth-order valence-corrected chi connectivity index (χ4v) is 1.21. The average molecular weight is 202 g/mol. The minimum Gasteiger partial charge on any atom is -0.340 e. The molecule has 0 aliphatic heterocycles. The second-order valence-corrected chi connectivity index (χ2v) is 3.25. The van der Waals surface area contributed by atoms with Gasteiger partial charge in [-0.25, -0.2) is 15.0 Å². The van der Waals surface area contributed by atoms with Crippen LogP contribution in [0.3, 0.4) is 0 Å². The van der Waals surface area contributed by atoms with E-state index in [1.165, 1.54) is 6.92 Å². The first kappa shape index (κ1) is 9.51. The summed E-state index contributed by atoms with van der Waals surface area (Å²) < 4.78 is 1.80. The predicted octanol–water partition coefficient (Wildman–Crippen LogP) is 1.08. The standard InChI is InChI=1S/C10H10N4O/c1-7(15)8-3-4-11-10(13-8)9-5-14(2)6-12-9/h3-6H,1-2H3. The topological polar surface area (TPSA) is 60.7 Å². The lowest BCUT2D eigenvalue weighted by Gasteiger charge is -1.97. The second kappa shape index (κ2) is 3.61. The molecule has 5 nitrogen and oxygen atoms in total. The molecule has 0 N–H and O–H groups in total. The fraction of sp³-hybridized carbons (Fsp3) is 0.200. The van der Waals surface area contributed by atoms with E-state index in [1.807, 2.05) is 7.05 Å². The van der Waals surface area contributed by atoms with Crippen LogP contribution in [-0.4, -0.2) is 25.3 Å². The Morgan fingerprint density at radius 2 is 2.20 bits per heavy atom. The Morgan fingerprint density at radius 1 is 1.40 bits per heavy atom. The molecule has 0 fully saturated rings. The van der Waals surface area contributed by atoms with E-state index in [1.54, 1.807) is 29.4 Å².